The topological polar surface area (TPSA) is 44.1 Å². The molecule has 0 saturated carbocycles. The summed E-state index contributed by atoms with van der Waals surface area (Å²) in [4.78, 5) is 16.6. The SMILES string of the molecule is O=C(OC(Cn1ccnc1)c1ccc(Cl)cc1Cl)c1ccc(Cl)cc1Cl. The molecule has 1 unspecified atom stereocenters. The molecule has 0 amide bonds. The highest BCUT2D eigenvalue weighted by atomic mass is 35.5. The van der Waals surface area contributed by atoms with Crippen LogP contribution in [0, 0.1) is 0 Å². The molecule has 3 aromatic rings. The summed E-state index contributed by atoms with van der Waals surface area (Å²) in [7, 11) is 0. The summed E-state index contributed by atoms with van der Waals surface area (Å²) >= 11 is 24.2. The zero-order valence-corrected chi connectivity index (χ0v) is 16.2. The Kier molecular flexibility index (Phi) is 6.09. The van der Waals surface area contributed by atoms with Crippen LogP contribution in [-0.4, -0.2) is 15.5 Å². The first kappa shape index (κ1) is 19.1. The van der Waals surface area contributed by atoms with Gasteiger partial charge >= 0.3 is 5.97 Å². The van der Waals surface area contributed by atoms with E-state index in [1.807, 2.05) is 0 Å². The van der Waals surface area contributed by atoms with Crippen molar-refractivity contribution in [2.24, 2.45) is 0 Å². The highest BCUT2D eigenvalue weighted by Gasteiger charge is 2.22. The lowest BCUT2D eigenvalue weighted by molar-refractivity contribution is 0.0256. The first-order chi connectivity index (χ1) is 12.4. The molecule has 26 heavy (non-hydrogen) atoms. The van der Waals surface area contributed by atoms with Crippen LogP contribution in [0.3, 0.4) is 0 Å². The zero-order chi connectivity index (χ0) is 18.7. The minimum absolute atomic E-state index is 0.214. The minimum Gasteiger partial charge on any atom is -0.452 e. The number of halogens is 4. The Morgan fingerprint density at radius 1 is 1.04 bits per heavy atom. The second-order valence-electron chi connectivity index (χ2n) is 5.44. The van der Waals surface area contributed by atoms with E-state index < -0.39 is 12.1 Å². The van der Waals surface area contributed by atoms with Crippen LogP contribution in [0.25, 0.3) is 0 Å². The third-order valence-corrected chi connectivity index (χ3v) is 4.76. The fraction of sp³-hybridized carbons (Fsp3) is 0.111. The van der Waals surface area contributed by atoms with Crippen molar-refractivity contribution in [3.05, 3.63) is 86.3 Å². The van der Waals surface area contributed by atoms with E-state index in [4.69, 9.17) is 51.1 Å². The molecule has 134 valence electrons. The molecule has 0 N–H and O–H groups in total. The van der Waals surface area contributed by atoms with Gasteiger partial charge in [0.1, 0.15) is 6.10 Å². The molecule has 0 radical (unpaired) electrons. The largest absolute Gasteiger partial charge is 0.452 e. The summed E-state index contributed by atoms with van der Waals surface area (Å²) in [6.45, 7) is 0.332. The molecule has 1 aromatic heterocycles. The summed E-state index contributed by atoms with van der Waals surface area (Å²) in [5.74, 6) is -0.581. The number of hydrogen-bond acceptors (Lipinski definition) is 3. The number of aromatic nitrogens is 2. The van der Waals surface area contributed by atoms with Gasteiger partial charge in [0.05, 0.1) is 23.5 Å². The predicted octanol–water partition coefficient (Wildman–Crippen LogP) is 6.10. The van der Waals surface area contributed by atoms with Crippen molar-refractivity contribution in [3.8, 4) is 0 Å². The minimum atomic E-state index is -0.659. The van der Waals surface area contributed by atoms with Gasteiger partial charge in [-0.2, -0.15) is 0 Å². The van der Waals surface area contributed by atoms with Crippen LogP contribution in [-0.2, 0) is 11.3 Å². The lowest BCUT2D eigenvalue weighted by Crippen LogP contribution is -2.17. The quantitative estimate of drug-likeness (QED) is 0.460. The van der Waals surface area contributed by atoms with Crippen molar-refractivity contribution in [1.82, 2.24) is 9.55 Å². The number of hydrogen-bond donors (Lipinski definition) is 0. The molecular weight excluding hydrogens is 418 g/mol. The number of carbonyl (C=O) groups excluding carboxylic acids is 1. The number of nitrogens with zero attached hydrogens (tertiary/aromatic N) is 2. The van der Waals surface area contributed by atoms with Crippen molar-refractivity contribution in [2.45, 2.75) is 12.6 Å². The van der Waals surface area contributed by atoms with Crippen LogP contribution < -0.4 is 0 Å². The average molecular weight is 430 g/mol. The molecule has 0 aliphatic heterocycles. The lowest BCUT2D eigenvalue weighted by Gasteiger charge is -2.20. The molecule has 8 heteroatoms. The Hall–Kier alpha value is -1.72. The van der Waals surface area contributed by atoms with Crippen LogP contribution in [0.2, 0.25) is 20.1 Å². The molecule has 0 aliphatic carbocycles. The van der Waals surface area contributed by atoms with Gasteiger partial charge in [-0.15, -0.1) is 0 Å². The molecule has 0 spiro atoms. The van der Waals surface area contributed by atoms with Crippen LogP contribution in [0.5, 0.6) is 0 Å². The van der Waals surface area contributed by atoms with Crippen molar-refractivity contribution in [2.75, 3.05) is 0 Å². The smallest absolute Gasteiger partial charge is 0.340 e. The maximum Gasteiger partial charge on any atom is 0.340 e. The third-order valence-electron chi connectivity index (χ3n) is 3.65. The fourth-order valence-corrected chi connectivity index (χ4v) is 3.41. The number of ether oxygens (including phenoxy) is 1. The van der Waals surface area contributed by atoms with Gasteiger partial charge in [-0.05, 0) is 30.3 Å². The standard InChI is InChI=1S/C18H12Cl4N2O2/c19-11-1-3-13(15(21)7-11)17(9-24-6-5-23-10-24)26-18(25)14-4-2-12(20)8-16(14)22/h1-8,10,17H,9H2. The maximum atomic E-state index is 12.6. The molecular formula is C18H12Cl4N2O2. The van der Waals surface area contributed by atoms with Crippen LogP contribution >= 0.6 is 46.4 Å². The van der Waals surface area contributed by atoms with Gasteiger partial charge in [0.15, 0.2) is 0 Å². The Morgan fingerprint density at radius 3 is 2.35 bits per heavy atom. The lowest BCUT2D eigenvalue weighted by atomic mass is 10.1. The van der Waals surface area contributed by atoms with E-state index in [0.717, 1.165) is 0 Å². The maximum absolute atomic E-state index is 12.6. The number of benzene rings is 2. The highest BCUT2D eigenvalue weighted by molar-refractivity contribution is 6.36. The third kappa shape index (κ3) is 4.51. The average Bonchev–Trinajstić information content (AvgIpc) is 3.07. The van der Waals surface area contributed by atoms with E-state index in [0.29, 0.717) is 27.2 Å². The summed E-state index contributed by atoms with van der Waals surface area (Å²) in [6, 6.07) is 9.59. The fourth-order valence-electron chi connectivity index (χ4n) is 2.40. The van der Waals surface area contributed by atoms with E-state index >= 15 is 0 Å². The molecule has 1 heterocycles. The van der Waals surface area contributed by atoms with Crippen molar-refractivity contribution in [1.29, 1.82) is 0 Å². The second kappa shape index (κ2) is 8.31. The Morgan fingerprint density at radius 2 is 1.73 bits per heavy atom. The number of carbonyl (C=O) groups is 1. The van der Waals surface area contributed by atoms with E-state index in [2.05, 4.69) is 4.98 Å². The number of rotatable bonds is 5. The molecule has 0 fully saturated rings. The molecule has 4 nitrogen and oxygen atoms in total. The van der Waals surface area contributed by atoms with Crippen LogP contribution in [0.4, 0.5) is 0 Å². The highest BCUT2D eigenvalue weighted by Crippen LogP contribution is 2.31. The van der Waals surface area contributed by atoms with Crippen molar-refractivity contribution in [3.63, 3.8) is 0 Å². The first-order valence-electron chi connectivity index (χ1n) is 7.51. The predicted molar refractivity (Wildman–Crippen MR) is 103 cm³/mol. The van der Waals surface area contributed by atoms with Gasteiger partial charge in [0.25, 0.3) is 0 Å². The number of esters is 1. The normalized spacial score (nSPS) is 12.0. The van der Waals surface area contributed by atoms with Gasteiger partial charge in [-0.3, -0.25) is 0 Å². The van der Waals surface area contributed by atoms with Gasteiger partial charge < -0.3 is 9.30 Å². The first-order valence-corrected chi connectivity index (χ1v) is 9.02. The van der Waals surface area contributed by atoms with E-state index in [1.165, 1.54) is 12.1 Å². The van der Waals surface area contributed by atoms with E-state index in [-0.39, 0.29) is 10.6 Å². The molecule has 1 atom stereocenters. The molecule has 0 bridgehead atoms. The molecule has 3 rings (SSSR count). The van der Waals surface area contributed by atoms with Crippen LogP contribution in [0.15, 0.2) is 55.1 Å². The summed E-state index contributed by atoms with van der Waals surface area (Å²) in [5, 5.41) is 1.54. The van der Waals surface area contributed by atoms with Gasteiger partial charge in [0.2, 0.25) is 0 Å². The monoisotopic (exact) mass is 428 g/mol. The second-order valence-corrected chi connectivity index (χ2v) is 7.13. The Bertz CT molecular complexity index is 929. The number of imidazole rings is 1. The Labute approximate surface area is 170 Å². The van der Waals surface area contributed by atoms with Crippen LogP contribution in [0.1, 0.15) is 22.0 Å². The van der Waals surface area contributed by atoms with Gasteiger partial charge in [-0.25, -0.2) is 9.78 Å². The summed E-state index contributed by atoms with van der Waals surface area (Å²) < 4.78 is 7.48. The van der Waals surface area contributed by atoms with E-state index in [9.17, 15) is 4.79 Å². The molecule has 0 aliphatic rings. The van der Waals surface area contributed by atoms with Gasteiger partial charge in [-0.1, -0.05) is 52.5 Å². The summed E-state index contributed by atoms with van der Waals surface area (Å²) in [5.41, 5.74) is 0.847. The van der Waals surface area contributed by atoms with Crippen molar-refractivity contribution < 1.29 is 9.53 Å². The van der Waals surface area contributed by atoms with Crippen molar-refractivity contribution >= 4 is 52.4 Å². The molecule has 0 saturated heterocycles. The van der Waals surface area contributed by atoms with E-state index in [1.54, 1.807) is 47.6 Å². The Balaban J connectivity index is 1.91. The summed E-state index contributed by atoms with van der Waals surface area (Å²) in [6.07, 6.45) is 4.37. The zero-order valence-electron chi connectivity index (χ0n) is 13.2. The molecule has 2 aromatic carbocycles. The van der Waals surface area contributed by atoms with Gasteiger partial charge in [0, 0.05) is 33.0 Å².